The van der Waals surface area contributed by atoms with E-state index in [1.807, 2.05) is 0 Å². The summed E-state index contributed by atoms with van der Waals surface area (Å²) in [6, 6.07) is 4.47. The first kappa shape index (κ1) is 19.9. The van der Waals surface area contributed by atoms with Crippen LogP contribution in [-0.2, 0) is 13.2 Å². The van der Waals surface area contributed by atoms with E-state index in [4.69, 9.17) is 23.8 Å². The van der Waals surface area contributed by atoms with Crippen LogP contribution in [0.5, 0.6) is 0 Å². The Bertz CT molecular complexity index is 996. The number of alkyl halides is 3. The van der Waals surface area contributed by atoms with Gasteiger partial charge < -0.3 is 5.32 Å². The van der Waals surface area contributed by atoms with E-state index in [0.717, 1.165) is 7.05 Å². The van der Waals surface area contributed by atoms with Crippen LogP contribution in [0.1, 0.15) is 11.3 Å². The van der Waals surface area contributed by atoms with Crippen LogP contribution in [0, 0.1) is 0 Å². The van der Waals surface area contributed by atoms with Crippen molar-refractivity contribution in [3.8, 4) is 5.69 Å². The molecule has 138 valence electrons. The van der Waals surface area contributed by atoms with Crippen molar-refractivity contribution >= 4 is 28.8 Å². The van der Waals surface area contributed by atoms with Crippen molar-refractivity contribution in [1.29, 1.82) is 0 Å². The molecule has 5 nitrogen and oxygen atoms in total. The van der Waals surface area contributed by atoms with E-state index >= 15 is 0 Å². The van der Waals surface area contributed by atoms with Crippen molar-refractivity contribution in [2.45, 2.75) is 6.18 Å². The molecule has 2 aromatic rings. The second kappa shape index (κ2) is 7.46. The number of benzene rings is 1. The Morgan fingerprint density at radius 1 is 1.35 bits per heavy atom. The molecular weight excluding hydrogens is 391 g/mol. The highest BCUT2D eigenvalue weighted by Gasteiger charge is 2.35. The Morgan fingerprint density at radius 2 is 2.00 bits per heavy atom. The molecule has 1 aromatic heterocycles. The Labute approximate surface area is 156 Å². The maximum absolute atomic E-state index is 12.9. The second-order valence-electron chi connectivity index (χ2n) is 5.21. The van der Waals surface area contributed by atoms with Gasteiger partial charge in [-0.15, -0.1) is 6.58 Å². The Balaban J connectivity index is 2.65. The maximum Gasteiger partial charge on any atom is 0.431 e. The molecule has 0 aliphatic carbocycles. The molecule has 0 radical (unpaired) electrons. The first-order valence-corrected chi connectivity index (χ1v) is 7.96. The molecule has 1 N–H and O–H groups in total. The summed E-state index contributed by atoms with van der Waals surface area (Å²) in [6.45, 7) is 3.90. The van der Waals surface area contributed by atoms with E-state index in [0.29, 0.717) is 27.3 Å². The van der Waals surface area contributed by atoms with Crippen LogP contribution in [0.15, 0.2) is 46.5 Å². The summed E-state index contributed by atoms with van der Waals surface area (Å²) in [6.07, 6.45) is -3.26. The zero-order valence-corrected chi connectivity index (χ0v) is 15.0. The molecule has 0 fully saturated rings. The quantitative estimate of drug-likeness (QED) is 0.630. The monoisotopic (exact) mass is 403 g/mol. The SMILES string of the molecule is C=CCNC(=S)c1cc(-n2c(=O)cc(C(F)(F)F)n(C)c2=O)ccc1Cl. The van der Waals surface area contributed by atoms with Gasteiger partial charge in [-0.05, 0) is 18.2 Å². The Kier molecular flexibility index (Phi) is 5.72. The van der Waals surface area contributed by atoms with Gasteiger partial charge >= 0.3 is 11.9 Å². The highest BCUT2D eigenvalue weighted by Crippen LogP contribution is 2.27. The maximum atomic E-state index is 12.9. The Hall–Kier alpha value is -2.39. The molecule has 0 atom stereocenters. The summed E-state index contributed by atoms with van der Waals surface area (Å²) >= 11 is 11.3. The average Bonchev–Trinajstić information content (AvgIpc) is 2.56. The van der Waals surface area contributed by atoms with Gasteiger partial charge in [-0.25, -0.2) is 9.36 Å². The van der Waals surface area contributed by atoms with Crippen molar-refractivity contribution in [3.05, 3.63) is 74.0 Å². The number of nitrogens with one attached hydrogen (secondary N) is 1. The normalized spacial score (nSPS) is 11.3. The van der Waals surface area contributed by atoms with Crippen LogP contribution in [0.4, 0.5) is 13.2 Å². The third-order valence-electron chi connectivity index (χ3n) is 3.47. The van der Waals surface area contributed by atoms with Crippen molar-refractivity contribution in [1.82, 2.24) is 14.5 Å². The zero-order chi connectivity index (χ0) is 19.6. The lowest BCUT2D eigenvalue weighted by Gasteiger charge is -2.15. The fraction of sp³-hybridized carbons (Fsp3) is 0.188. The van der Waals surface area contributed by atoms with Gasteiger partial charge in [-0.3, -0.25) is 9.36 Å². The van der Waals surface area contributed by atoms with Gasteiger partial charge in [0.05, 0.1) is 10.7 Å². The minimum Gasteiger partial charge on any atom is -0.372 e. The molecule has 1 aromatic carbocycles. The third-order valence-corrected chi connectivity index (χ3v) is 4.16. The molecule has 0 aliphatic heterocycles. The molecule has 0 saturated carbocycles. The summed E-state index contributed by atoms with van der Waals surface area (Å²) in [5.41, 5.74) is -3.20. The van der Waals surface area contributed by atoms with E-state index in [9.17, 15) is 22.8 Å². The van der Waals surface area contributed by atoms with Gasteiger partial charge in [-0.2, -0.15) is 13.2 Å². The second-order valence-corrected chi connectivity index (χ2v) is 6.02. The first-order chi connectivity index (χ1) is 12.1. The summed E-state index contributed by atoms with van der Waals surface area (Å²) in [5, 5.41) is 3.10. The molecule has 10 heteroatoms. The molecular formula is C16H13ClF3N3O2S. The zero-order valence-electron chi connectivity index (χ0n) is 13.4. The highest BCUT2D eigenvalue weighted by atomic mass is 35.5. The number of thiocarbonyl (C=S) groups is 1. The van der Waals surface area contributed by atoms with E-state index in [1.54, 1.807) is 6.08 Å². The highest BCUT2D eigenvalue weighted by molar-refractivity contribution is 7.80. The third kappa shape index (κ3) is 3.88. The minimum atomic E-state index is -4.83. The van der Waals surface area contributed by atoms with Crippen molar-refractivity contribution in [2.24, 2.45) is 7.05 Å². The molecule has 0 unspecified atom stereocenters. The predicted octanol–water partition coefficient (Wildman–Crippen LogP) is 2.66. The number of nitrogens with zero attached hydrogens (tertiary/aromatic N) is 2. The number of hydrogen-bond acceptors (Lipinski definition) is 3. The predicted molar refractivity (Wildman–Crippen MR) is 97.2 cm³/mol. The molecule has 1 heterocycles. The van der Waals surface area contributed by atoms with Crippen molar-refractivity contribution in [2.75, 3.05) is 6.54 Å². The molecule has 0 aliphatic rings. The van der Waals surface area contributed by atoms with Crippen LogP contribution in [-0.4, -0.2) is 20.7 Å². The fourth-order valence-corrected chi connectivity index (χ4v) is 2.74. The summed E-state index contributed by atoms with van der Waals surface area (Å²) in [7, 11) is 0.939. The lowest BCUT2D eigenvalue weighted by atomic mass is 10.2. The van der Waals surface area contributed by atoms with Crippen molar-refractivity contribution < 1.29 is 13.2 Å². The smallest absolute Gasteiger partial charge is 0.372 e. The van der Waals surface area contributed by atoms with Gasteiger partial charge in [0.25, 0.3) is 5.56 Å². The molecule has 0 spiro atoms. The summed E-state index contributed by atoms with van der Waals surface area (Å²) in [5.74, 6) is 0. The minimum absolute atomic E-state index is 0.0477. The van der Waals surface area contributed by atoms with Gasteiger partial charge in [0.15, 0.2) is 0 Å². The molecule has 26 heavy (non-hydrogen) atoms. The van der Waals surface area contributed by atoms with E-state index in [-0.39, 0.29) is 15.7 Å². The lowest BCUT2D eigenvalue weighted by molar-refractivity contribution is -0.144. The number of aromatic nitrogens is 2. The summed E-state index contributed by atoms with van der Waals surface area (Å²) < 4.78 is 39.8. The lowest BCUT2D eigenvalue weighted by Crippen LogP contribution is -2.40. The molecule has 2 rings (SSSR count). The molecule has 0 amide bonds. The molecule has 0 saturated heterocycles. The van der Waals surface area contributed by atoms with Gasteiger partial charge in [0, 0.05) is 25.2 Å². The van der Waals surface area contributed by atoms with Gasteiger partial charge in [-0.1, -0.05) is 29.9 Å². The largest absolute Gasteiger partial charge is 0.431 e. The van der Waals surface area contributed by atoms with Crippen LogP contribution in [0.25, 0.3) is 5.69 Å². The fourth-order valence-electron chi connectivity index (χ4n) is 2.22. The van der Waals surface area contributed by atoms with Gasteiger partial charge in [0.1, 0.15) is 10.7 Å². The van der Waals surface area contributed by atoms with Gasteiger partial charge in [0.2, 0.25) is 0 Å². The van der Waals surface area contributed by atoms with E-state index < -0.39 is 23.1 Å². The topological polar surface area (TPSA) is 56.0 Å². The summed E-state index contributed by atoms with van der Waals surface area (Å²) in [4.78, 5) is 24.7. The van der Waals surface area contributed by atoms with Crippen LogP contribution >= 0.6 is 23.8 Å². The van der Waals surface area contributed by atoms with E-state index in [2.05, 4.69) is 11.9 Å². The standard InChI is InChI=1S/C16H13ClF3N3O2S/c1-3-6-21-14(26)10-7-9(4-5-11(10)17)23-13(24)8-12(16(18,19)20)22(2)15(23)25/h3-5,7-8H,1,6H2,2H3,(H,21,26). The number of hydrogen-bond donors (Lipinski definition) is 1. The van der Waals surface area contributed by atoms with Crippen LogP contribution in [0.3, 0.4) is 0 Å². The van der Waals surface area contributed by atoms with E-state index in [1.165, 1.54) is 18.2 Å². The average molecular weight is 404 g/mol. The Morgan fingerprint density at radius 3 is 2.58 bits per heavy atom. The number of rotatable bonds is 4. The van der Waals surface area contributed by atoms with Crippen LogP contribution < -0.4 is 16.6 Å². The van der Waals surface area contributed by atoms with Crippen molar-refractivity contribution in [3.63, 3.8) is 0 Å². The number of halogens is 4. The molecule has 0 bridgehead atoms. The first-order valence-electron chi connectivity index (χ1n) is 7.17. The van der Waals surface area contributed by atoms with Crippen LogP contribution in [0.2, 0.25) is 5.02 Å².